The molecule has 1 aromatic heterocycles. The fourth-order valence-corrected chi connectivity index (χ4v) is 1.66. The molecule has 6 nitrogen and oxygen atoms in total. The molecular formula is C10H15N3O3. The molecule has 1 fully saturated rings. The largest absolute Gasteiger partial charge is 0.364 e. The van der Waals surface area contributed by atoms with Crippen molar-refractivity contribution in [3.8, 4) is 0 Å². The van der Waals surface area contributed by atoms with Crippen molar-refractivity contribution in [2.75, 3.05) is 6.61 Å². The summed E-state index contributed by atoms with van der Waals surface area (Å²) in [6.45, 7) is 4.81. The summed E-state index contributed by atoms with van der Waals surface area (Å²) in [5.74, 6) is -1.06. The molecular weight excluding hydrogens is 210 g/mol. The molecule has 0 spiro atoms. The van der Waals surface area contributed by atoms with Crippen LogP contribution in [0.15, 0.2) is 12.3 Å². The fourth-order valence-electron chi connectivity index (χ4n) is 1.66. The second-order valence-corrected chi connectivity index (χ2v) is 4.24. The average Bonchev–Trinajstić information content (AvgIpc) is 2.73. The van der Waals surface area contributed by atoms with Gasteiger partial charge in [-0.2, -0.15) is 5.10 Å². The number of primary amides is 1. The van der Waals surface area contributed by atoms with E-state index < -0.39 is 11.7 Å². The highest BCUT2D eigenvalue weighted by atomic mass is 16.7. The number of hydrogen-bond donors (Lipinski definition) is 1. The van der Waals surface area contributed by atoms with E-state index in [0.29, 0.717) is 13.2 Å². The standard InChI is InChI=1S/C10H15N3O3/c1-10(2)15-6-7(16-10)5-13-4-3-8(12-13)9(11)14/h3-4,7H,5-6H2,1-2H3,(H2,11,14)/t7-/m0/s1. The van der Waals surface area contributed by atoms with Crippen LogP contribution in [0.5, 0.6) is 0 Å². The summed E-state index contributed by atoms with van der Waals surface area (Å²) in [5, 5.41) is 4.03. The predicted octanol–water partition coefficient (Wildman–Crippen LogP) is 0.134. The normalized spacial score (nSPS) is 23.5. The molecule has 88 valence electrons. The van der Waals surface area contributed by atoms with E-state index in [1.807, 2.05) is 13.8 Å². The van der Waals surface area contributed by atoms with E-state index in [2.05, 4.69) is 5.10 Å². The van der Waals surface area contributed by atoms with E-state index in [1.54, 1.807) is 16.9 Å². The lowest BCUT2D eigenvalue weighted by atomic mass is 10.4. The zero-order valence-electron chi connectivity index (χ0n) is 9.34. The van der Waals surface area contributed by atoms with Gasteiger partial charge in [-0.1, -0.05) is 0 Å². The number of rotatable bonds is 3. The molecule has 1 atom stereocenters. The molecule has 0 saturated carbocycles. The van der Waals surface area contributed by atoms with Gasteiger partial charge in [-0.05, 0) is 19.9 Å². The predicted molar refractivity (Wildman–Crippen MR) is 55.6 cm³/mol. The van der Waals surface area contributed by atoms with Gasteiger partial charge in [0, 0.05) is 6.20 Å². The van der Waals surface area contributed by atoms with Gasteiger partial charge in [0.15, 0.2) is 5.79 Å². The van der Waals surface area contributed by atoms with Crippen LogP contribution in [-0.2, 0) is 16.0 Å². The van der Waals surface area contributed by atoms with E-state index in [9.17, 15) is 4.79 Å². The van der Waals surface area contributed by atoms with E-state index in [0.717, 1.165) is 0 Å². The van der Waals surface area contributed by atoms with Gasteiger partial charge in [0.1, 0.15) is 11.8 Å². The van der Waals surface area contributed by atoms with Crippen molar-refractivity contribution in [2.24, 2.45) is 5.73 Å². The Hall–Kier alpha value is -1.40. The molecule has 1 aliphatic heterocycles. The maximum atomic E-state index is 10.8. The molecule has 0 radical (unpaired) electrons. The van der Waals surface area contributed by atoms with Gasteiger partial charge in [0.25, 0.3) is 5.91 Å². The molecule has 2 heterocycles. The van der Waals surface area contributed by atoms with Gasteiger partial charge in [0.05, 0.1) is 13.2 Å². The Labute approximate surface area is 93.3 Å². The number of ether oxygens (including phenoxy) is 2. The van der Waals surface area contributed by atoms with Crippen LogP contribution in [0.3, 0.4) is 0 Å². The summed E-state index contributed by atoms with van der Waals surface area (Å²) in [5.41, 5.74) is 5.37. The maximum absolute atomic E-state index is 10.8. The van der Waals surface area contributed by atoms with E-state index >= 15 is 0 Å². The summed E-state index contributed by atoms with van der Waals surface area (Å²) in [7, 11) is 0. The van der Waals surface area contributed by atoms with Crippen molar-refractivity contribution >= 4 is 5.91 Å². The quantitative estimate of drug-likeness (QED) is 0.793. The molecule has 1 aliphatic rings. The number of carbonyl (C=O) groups is 1. The SMILES string of the molecule is CC1(C)OC[C@H](Cn2ccc(C(N)=O)n2)O1. The Balaban J connectivity index is 1.97. The monoisotopic (exact) mass is 225 g/mol. The van der Waals surface area contributed by atoms with Crippen LogP contribution in [0.1, 0.15) is 24.3 Å². The summed E-state index contributed by atoms with van der Waals surface area (Å²) >= 11 is 0. The van der Waals surface area contributed by atoms with Crippen molar-refractivity contribution in [2.45, 2.75) is 32.3 Å². The first-order chi connectivity index (χ1) is 7.46. The Kier molecular flexibility index (Phi) is 2.69. The van der Waals surface area contributed by atoms with Crippen LogP contribution in [0, 0.1) is 0 Å². The Morgan fingerprint density at radius 3 is 3.00 bits per heavy atom. The molecule has 0 aromatic carbocycles. The topological polar surface area (TPSA) is 79.4 Å². The minimum atomic E-state index is -0.537. The molecule has 1 saturated heterocycles. The third-order valence-electron chi connectivity index (χ3n) is 2.35. The lowest BCUT2D eigenvalue weighted by molar-refractivity contribution is -0.139. The summed E-state index contributed by atoms with van der Waals surface area (Å²) < 4.78 is 12.7. The summed E-state index contributed by atoms with van der Waals surface area (Å²) in [4.78, 5) is 10.8. The first-order valence-electron chi connectivity index (χ1n) is 5.11. The lowest BCUT2D eigenvalue weighted by Crippen LogP contribution is -2.24. The number of amides is 1. The van der Waals surface area contributed by atoms with Crippen LogP contribution in [0.4, 0.5) is 0 Å². The Bertz CT molecular complexity index is 400. The molecule has 0 unspecified atom stereocenters. The highest BCUT2D eigenvalue weighted by molar-refractivity contribution is 5.90. The highest BCUT2D eigenvalue weighted by Gasteiger charge is 2.32. The fraction of sp³-hybridized carbons (Fsp3) is 0.600. The van der Waals surface area contributed by atoms with Gasteiger partial charge in [-0.25, -0.2) is 0 Å². The highest BCUT2D eigenvalue weighted by Crippen LogP contribution is 2.22. The van der Waals surface area contributed by atoms with E-state index in [-0.39, 0.29) is 11.8 Å². The molecule has 1 amide bonds. The van der Waals surface area contributed by atoms with Crippen LogP contribution in [0.2, 0.25) is 0 Å². The van der Waals surface area contributed by atoms with Crippen LogP contribution in [-0.4, -0.2) is 34.2 Å². The van der Waals surface area contributed by atoms with Crippen molar-refractivity contribution in [3.05, 3.63) is 18.0 Å². The number of nitrogens with two attached hydrogens (primary N) is 1. The molecule has 2 rings (SSSR count). The van der Waals surface area contributed by atoms with Gasteiger partial charge >= 0.3 is 0 Å². The van der Waals surface area contributed by atoms with E-state index in [4.69, 9.17) is 15.2 Å². The van der Waals surface area contributed by atoms with Crippen LogP contribution in [0.25, 0.3) is 0 Å². The van der Waals surface area contributed by atoms with Gasteiger partial charge in [0.2, 0.25) is 0 Å². The molecule has 0 bridgehead atoms. The third-order valence-corrected chi connectivity index (χ3v) is 2.35. The van der Waals surface area contributed by atoms with Gasteiger partial charge < -0.3 is 15.2 Å². The van der Waals surface area contributed by atoms with Crippen molar-refractivity contribution in [3.63, 3.8) is 0 Å². The molecule has 6 heteroatoms. The smallest absolute Gasteiger partial charge is 0.269 e. The minimum Gasteiger partial charge on any atom is -0.364 e. The van der Waals surface area contributed by atoms with Crippen molar-refractivity contribution in [1.82, 2.24) is 9.78 Å². The van der Waals surface area contributed by atoms with Crippen molar-refractivity contribution in [1.29, 1.82) is 0 Å². The number of nitrogens with zero attached hydrogens (tertiary/aromatic N) is 2. The summed E-state index contributed by atoms with van der Waals surface area (Å²) in [6.07, 6.45) is 1.66. The zero-order chi connectivity index (χ0) is 11.8. The van der Waals surface area contributed by atoms with Crippen molar-refractivity contribution < 1.29 is 14.3 Å². The molecule has 0 aliphatic carbocycles. The number of aromatic nitrogens is 2. The lowest BCUT2D eigenvalue weighted by Gasteiger charge is -2.16. The van der Waals surface area contributed by atoms with Gasteiger partial charge in [-0.15, -0.1) is 0 Å². The number of carbonyl (C=O) groups excluding carboxylic acids is 1. The molecule has 2 N–H and O–H groups in total. The van der Waals surface area contributed by atoms with E-state index in [1.165, 1.54) is 0 Å². The second kappa shape index (κ2) is 3.88. The Morgan fingerprint density at radius 1 is 1.75 bits per heavy atom. The second-order valence-electron chi connectivity index (χ2n) is 4.24. The number of hydrogen-bond acceptors (Lipinski definition) is 4. The summed E-state index contributed by atoms with van der Waals surface area (Å²) in [6, 6.07) is 1.59. The minimum absolute atomic E-state index is 0.0457. The van der Waals surface area contributed by atoms with Crippen LogP contribution >= 0.6 is 0 Å². The third kappa shape index (κ3) is 2.40. The van der Waals surface area contributed by atoms with Crippen LogP contribution < -0.4 is 5.73 Å². The zero-order valence-corrected chi connectivity index (χ0v) is 9.34. The van der Waals surface area contributed by atoms with Gasteiger partial charge in [-0.3, -0.25) is 9.48 Å². The molecule has 1 aromatic rings. The first kappa shape index (κ1) is 11.1. The Morgan fingerprint density at radius 2 is 2.50 bits per heavy atom. The maximum Gasteiger partial charge on any atom is 0.269 e. The first-order valence-corrected chi connectivity index (χ1v) is 5.11. The average molecular weight is 225 g/mol. The molecule has 16 heavy (non-hydrogen) atoms.